The number of nitrogens with one attached hydrogen (secondary N) is 2. The predicted molar refractivity (Wildman–Crippen MR) is 113 cm³/mol. The SMILES string of the molecule is CCN(CC)S(=O)(=O)c1ccc(NNS(=O)(=O)c2ccc(C(C)(C)C)cc2)nc1. The number of hydrazine groups is 1. The molecule has 2 aromatic rings. The lowest BCUT2D eigenvalue weighted by Gasteiger charge is -2.19. The lowest BCUT2D eigenvalue weighted by molar-refractivity contribution is 0.445. The molecule has 0 aliphatic heterocycles. The van der Waals surface area contributed by atoms with Gasteiger partial charge in [0, 0.05) is 19.3 Å². The van der Waals surface area contributed by atoms with Gasteiger partial charge in [0.2, 0.25) is 10.0 Å². The predicted octanol–water partition coefficient (Wildman–Crippen LogP) is 2.72. The zero-order valence-electron chi connectivity index (χ0n) is 17.3. The zero-order chi connectivity index (χ0) is 21.9. The van der Waals surface area contributed by atoms with Gasteiger partial charge in [-0.05, 0) is 35.2 Å². The van der Waals surface area contributed by atoms with Crippen molar-refractivity contribution in [3.63, 3.8) is 0 Å². The molecule has 0 aliphatic rings. The Morgan fingerprint density at radius 3 is 1.90 bits per heavy atom. The highest BCUT2D eigenvalue weighted by molar-refractivity contribution is 7.89. The molecule has 0 fully saturated rings. The van der Waals surface area contributed by atoms with E-state index < -0.39 is 20.0 Å². The molecule has 0 saturated carbocycles. The molecule has 0 unspecified atom stereocenters. The summed E-state index contributed by atoms with van der Waals surface area (Å²) in [5.41, 5.74) is 3.45. The van der Waals surface area contributed by atoms with E-state index in [2.05, 4.69) is 15.2 Å². The summed E-state index contributed by atoms with van der Waals surface area (Å²) >= 11 is 0. The molecule has 0 aliphatic carbocycles. The second-order valence-electron chi connectivity index (χ2n) is 7.47. The molecule has 2 N–H and O–H groups in total. The molecule has 29 heavy (non-hydrogen) atoms. The van der Waals surface area contributed by atoms with Gasteiger partial charge in [-0.25, -0.2) is 21.8 Å². The maximum absolute atomic E-state index is 12.5. The van der Waals surface area contributed by atoms with Gasteiger partial charge >= 0.3 is 0 Å². The third kappa shape index (κ3) is 5.53. The maximum atomic E-state index is 12.5. The summed E-state index contributed by atoms with van der Waals surface area (Å²) in [5.74, 6) is 0.179. The molecular weight excluding hydrogens is 412 g/mol. The number of anilines is 1. The van der Waals surface area contributed by atoms with Gasteiger partial charge in [-0.2, -0.15) is 4.31 Å². The molecule has 0 spiro atoms. The van der Waals surface area contributed by atoms with E-state index in [4.69, 9.17) is 0 Å². The van der Waals surface area contributed by atoms with Crippen molar-refractivity contribution in [3.8, 4) is 0 Å². The Morgan fingerprint density at radius 2 is 1.45 bits per heavy atom. The number of pyridine rings is 1. The number of hydrogen-bond donors (Lipinski definition) is 2. The van der Waals surface area contributed by atoms with E-state index >= 15 is 0 Å². The van der Waals surface area contributed by atoms with E-state index in [1.165, 1.54) is 34.8 Å². The van der Waals surface area contributed by atoms with Crippen LogP contribution in [0.3, 0.4) is 0 Å². The Labute approximate surface area is 173 Å². The van der Waals surface area contributed by atoms with Crippen molar-refractivity contribution in [2.24, 2.45) is 0 Å². The van der Waals surface area contributed by atoms with Gasteiger partial charge in [0.25, 0.3) is 10.0 Å². The fraction of sp³-hybridized carbons (Fsp3) is 0.421. The maximum Gasteiger partial charge on any atom is 0.257 e. The quantitative estimate of drug-likeness (QED) is 0.611. The summed E-state index contributed by atoms with van der Waals surface area (Å²) in [4.78, 5) is 6.41. The van der Waals surface area contributed by atoms with Crippen molar-refractivity contribution in [3.05, 3.63) is 48.2 Å². The van der Waals surface area contributed by atoms with Crippen LogP contribution in [0.4, 0.5) is 5.82 Å². The minimum atomic E-state index is -3.81. The topological polar surface area (TPSA) is 108 Å². The summed E-state index contributed by atoms with van der Waals surface area (Å²) in [6.07, 6.45) is 1.20. The van der Waals surface area contributed by atoms with Crippen molar-refractivity contribution in [2.75, 3.05) is 18.5 Å². The molecule has 0 bridgehead atoms. The van der Waals surface area contributed by atoms with Crippen molar-refractivity contribution in [1.82, 2.24) is 14.1 Å². The van der Waals surface area contributed by atoms with E-state index in [1.54, 1.807) is 26.0 Å². The third-order valence-electron chi connectivity index (χ3n) is 4.42. The van der Waals surface area contributed by atoms with Gasteiger partial charge in [-0.1, -0.05) is 46.8 Å². The second kappa shape index (κ2) is 8.78. The number of benzene rings is 1. The first kappa shape index (κ1) is 23.3. The van der Waals surface area contributed by atoms with Crippen molar-refractivity contribution in [2.45, 2.75) is 49.8 Å². The minimum Gasteiger partial charge on any atom is -0.292 e. The van der Waals surface area contributed by atoms with Crippen LogP contribution in [-0.2, 0) is 25.5 Å². The summed E-state index contributed by atoms with van der Waals surface area (Å²) in [5, 5.41) is 0. The Kier molecular flexibility index (Phi) is 7.05. The first-order valence-electron chi connectivity index (χ1n) is 9.26. The highest BCUT2D eigenvalue weighted by Crippen LogP contribution is 2.23. The number of sulfonamides is 2. The van der Waals surface area contributed by atoms with Crippen LogP contribution in [0.2, 0.25) is 0 Å². The van der Waals surface area contributed by atoms with E-state index in [0.29, 0.717) is 13.1 Å². The Bertz CT molecular complexity index is 1020. The van der Waals surface area contributed by atoms with E-state index in [0.717, 1.165) is 5.56 Å². The Balaban J connectivity index is 2.11. The monoisotopic (exact) mass is 440 g/mol. The average molecular weight is 441 g/mol. The van der Waals surface area contributed by atoms with Crippen LogP contribution in [0.5, 0.6) is 0 Å². The van der Waals surface area contributed by atoms with E-state index in [9.17, 15) is 16.8 Å². The molecule has 10 heteroatoms. The van der Waals surface area contributed by atoms with Gasteiger partial charge in [-0.3, -0.25) is 5.43 Å². The highest BCUT2D eigenvalue weighted by Gasteiger charge is 2.22. The molecule has 0 saturated heterocycles. The number of rotatable bonds is 8. The van der Waals surface area contributed by atoms with Gasteiger partial charge in [0.1, 0.15) is 10.7 Å². The molecule has 0 atom stereocenters. The van der Waals surface area contributed by atoms with E-state index in [-0.39, 0.29) is 21.0 Å². The lowest BCUT2D eigenvalue weighted by atomic mass is 9.87. The van der Waals surface area contributed by atoms with Gasteiger partial charge < -0.3 is 0 Å². The summed E-state index contributed by atoms with van der Waals surface area (Å²) in [6.45, 7) is 10.4. The highest BCUT2D eigenvalue weighted by atomic mass is 32.2. The summed E-state index contributed by atoms with van der Waals surface area (Å²) < 4.78 is 51.2. The third-order valence-corrected chi connectivity index (χ3v) is 7.72. The average Bonchev–Trinajstić information content (AvgIpc) is 2.67. The van der Waals surface area contributed by atoms with E-state index in [1.807, 2.05) is 20.8 Å². The summed E-state index contributed by atoms with van der Waals surface area (Å²) in [6, 6.07) is 9.42. The zero-order valence-corrected chi connectivity index (χ0v) is 18.9. The number of nitrogens with zero attached hydrogens (tertiary/aromatic N) is 2. The van der Waals surface area contributed by atoms with Crippen LogP contribution in [0.1, 0.15) is 40.2 Å². The van der Waals surface area contributed by atoms with Crippen LogP contribution in [0.25, 0.3) is 0 Å². The fourth-order valence-corrected chi connectivity index (χ4v) is 4.89. The van der Waals surface area contributed by atoms with Crippen molar-refractivity contribution in [1.29, 1.82) is 0 Å². The lowest BCUT2D eigenvalue weighted by Crippen LogP contribution is -2.31. The second-order valence-corrected chi connectivity index (χ2v) is 11.1. The molecule has 1 aromatic heterocycles. The van der Waals surface area contributed by atoms with Crippen LogP contribution < -0.4 is 10.3 Å². The smallest absolute Gasteiger partial charge is 0.257 e. The van der Waals surface area contributed by atoms with Crippen molar-refractivity contribution < 1.29 is 16.8 Å². The normalized spacial score (nSPS) is 12.9. The molecule has 160 valence electrons. The minimum absolute atomic E-state index is 0.0485. The van der Waals surface area contributed by atoms with Crippen LogP contribution in [-0.4, -0.2) is 39.2 Å². The first-order chi connectivity index (χ1) is 13.4. The fourth-order valence-electron chi connectivity index (χ4n) is 2.63. The van der Waals surface area contributed by atoms with Crippen molar-refractivity contribution >= 4 is 25.9 Å². The molecule has 0 amide bonds. The molecule has 1 heterocycles. The standard InChI is InChI=1S/C19H28N4O4S2/c1-6-23(7-2)29(26,27)17-12-13-18(20-14-17)21-22-28(24,25)16-10-8-15(9-11-16)19(3,4)5/h8-14,22H,6-7H2,1-5H3,(H,20,21). The van der Waals surface area contributed by atoms with Gasteiger partial charge in [-0.15, -0.1) is 4.83 Å². The Morgan fingerprint density at radius 1 is 0.897 bits per heavy atom. The Hall–Kier alpha value is -2.01. The molecular formula is C19H28N4O4S2. The molecule has 1 aromatic carbocycles. The van der Waals surface area contributed by atoms with Gasteiger partial charge in [0.05, 0.1) is 4.90 Å². The largest absolute Gasteiger partial charge is 0.292 e. The number of aromatic nitrogens is 1. The van der Waals surface area contributed by atoms with Gasteiger partial charge in [0.15, 0.2) is 0 Å². The van der Waals surface area contributed by atoms with Crippen LogP contribution in [0.15, 0.2) is 52.4 Å². The summed E-state index contributed by atoms with van der Waals surface area (Å²) in [7, 11) is -7.42. The van der Waals surface area contributed by atoms with Crippen LogP contribution in [0, 0.1) is 0 Å². The number of hydrogen-bond acceptors (Lipinski definition) is 6. The molecule has 2 rings (SSSR count). The molecule has 0 radical (unpaired) electrons. The van der Waals surface area contributed by atoms with Crippen LogP contribution >= 0.6 is 0 Å². The molecule has 8 nitrogen and oxygen atoms in total. The first-order valence-corrected chi connectivity index (χ1v) is 12.2.